The van der Waals surface area contributed by atoms with E-state index in [1.54, 1.807) is 12.1 Å². The van der Waals surface area contributed by atoms with Crippen molar-refractivity contribution in [3.05, 3.63) is 59.9 Å². The average molecular weight is 411 g/mol. The molecule has 0 unspecified atom stereocenters. The zero-order valence-electron chi connectivity index (χ0n) is 16.3. The molecule has 8 heteroatoms. The van der Waals surface area contributed by atoms with Crippen molar-refractivity contribution in [2.75, 3.05) is 19.8 Å². The Labute approximate surface area is 173 Å². The molecule has 1 saturated heterocycles. The summed E-state index contributed by atoms with van der Waals surface area (Å²) in [6, 6.07) is 13.8. The number of benzene rings is 2. The maximum atomic E-state index is 13.1. The molecule has 0 aliphatic carbocycles. The zero-order chi connectivity index (χ0) is 21.6. The van der Waals surface area contributed by atoms with Gasteiger partial charge >= 0.3 is 6.09 Å². The standard InChI is InChI=1S/C22H22FN3O4/c23-19-7-5-18(6-8-19)17-3-1-16(2-4-17)9-12-26(15-24)20(27)22(25-21(28)29)10-13-30-14-11-22/h1-8,25H,9-14H2,(H,28,29). The number of carbonyl (C=O) groups is 2. The Bertz CT molecular complexity index is 932. The van der Waals surface area contributed by atoms with E-state index in [1.165, 1.54) is 12.1 Å². The van der Waals surface area contributed by atoms with Gasteiger partial charge in [-0.05, 0) is 35.2 Å². The monoisotopic (exact) mass is 411 g/mol. The van der Waals surface area contributed by atoms with E-state index in [2.05, 4.69) is 5.32 Å². The first kappa shape index (κ1) is 21.3. The van der Waals surface area contributed by atoms with E-state index in [9.17, 15) is 19.2 Å². The molecule has 0 aromatic heterocycles. The van der Waals surface area contributed by atoms with Gasteiger partial charge in [-0.3, -0.25) is 4.79 Å². The highest BCUT2D eigenvalue weighted by molar-refractivity contribution is 5.90. The number of ether oxygens (including phenoxy) is 1. The van der Waals surface area contributed by atoms with Gasteiger partial charge in [0.1, 0.15) is 11.4 Å². The van der Waals surface area contributed by atoms with Crippen LogP contribution in [0.5, 0.6) is 0 Å². The minimum Gasteiger partial charge on any atom is -0.465 e. The van der Waals surface area contributed by atoms with Crippen LogP contribution in [0.2, 0.25) is 0 Å². The van der Waals surface area contributed by atoms with Crippen molar-refractivity contribution in [3.63, 3.8) is 0 Å². The van der Waals surface area contributed by atoms with Gasteiger partial charge in [0.25, 0.3) is 5.91 Å². The Hall–Kier alpha value is -3.44. The zero-order valence-corrected chi connectivity index (χ0v) is 16.3. The van der Waals surface area contributed by atoms with Gasteiger partial charge in [-0.2, -0.15) is 5.26 Å². The smallest absolute Gasteiger partial charge is 0.405 e. The van der Waals surface area contributed by atoms with E-state index in [0.29, 0.717) is 6.42 Å². The third-order valence-corrected chi connectivity index (χ3v) is 5.22. The Balaban J connectivity index is 1.67. The molecule has 1 aliphatic heterocycles. The van der Waals surface area contributed by atoms with Crippen LogP contribution in [0.3, 0.4) is 0 Å². The van der Waals surface area contributed by atoms with Crippen molar-refractivity contribution in [2.45, 2.75) is 24.8 Å². The number of halogens is 1. The summed E-state index contributed by atoms with van der Waals surface area (Å²) in [5.74, 6) is -0.852. The van der Waals surface area contributed by atoms with Gasteiger partial charge in [-0.25, -0.2) is 14.1 Å². The highest BCUT2D eigenvalue weighted by atomic mass is 19.1. The Morgan fingerprint density at radius 1 is 1.10 bits per heavy atom. The molecule has 0 radical (unpaired) electrons. The summed E-state index contributed by atoms with van der Waals surface area (Å²) < 4.78 is 18.3. The van der Waals surface area contributed by atoms with Gasteiger partial charge in [0, 0.05) is 32.6 Å². The van der Waals surface area contributed by atoms with Gasteiger partial charge in [0.2, 0.25) is 0 Å². The van der Waals surface area contributed by atoms with E-state index >= 15 is 0 Å². The number of carboxylic acid groups (broad SMARTS) is 1. The van der Waals surface area contributed by atoms with Crippen LogP contribution in [0.15, 0.2) is 48.5 Å². The second-order valence-electron chi connectivity index (χ2n) is 7.14. The molecular weight excluding hydrogens is 389 g/mol. The van der Waals surface area contributed by atoms with Gasteiger partial charge in [-0.1, -0.05) is 36.4 Å². The van der Waals surface area contributed by atoms with Crippen LogP contribution in [-0.4, -0.2) is 47.3 Å². The lowest BCUT2D eigenvalue weighted by molar-refractivity contribution is -0.139. The Morgan fingerprint density at radius 2 is 1.67 bits per heavy atom. The summed E-state index contributed by atoms with van der Waals surface area (Å²) in [6.07, 6.45) is 1.38. The van der Waals surface area contributed by atoms with Crippen LogP contribution in [0.25, 0.3) is 11.1 Å². The number of amides is 2. The number of nitrogens with zero attached hydrogens (tertiary/aromatic N) is 2. The number of carbonyl (C=O) groups excluding carboxylic acids is 1. The van der Waals surface area contributed by atoms with Crippen molar-refractivity contribution in [3.8, 4) is 17.3 Å². The fourth-order valence-corrected chi connectivity index (χ4v) is 3.52. The molecule has 0 bridgehead atoms. The molecule has 7 nitrogen and oxygen atoms in total. The van der Waals surface area contributed by atoms with Crippen LogP contribution in [0.1, 0.15) is 18.4 Å². The summed E-state index contributed by atoms with van der Waals surface area (Å²) in [7, 11) is 0. The van der Waals surface area contributed by atoms with E-state index in [4.69, 9.17) is 9.84 Å². The molecule has 0 saturated carbocycles. The molecule has 1 aliphatic rings. The minimum absolute atomic E-state index is 0.134. The molecule has 1 fully saturated rings. The fraction of sp³-hybridized carbons (Fsp3) is 0.318. The topological polar surface area (TPSA) is 103 Å². The Kier molecular flexibility index (Phi) is 6.65. The Morgan fingerprint density at radius 3 is 2.20 bits per heavy atom. The first-order valence-corrected chi connectivity index (χ1v) is 9.59. The van der Waals surface area contributed by atoms with Crippen LogP contribution in [-0.2, 0) is 16.0 Å². The molecule has 30 heavy (non-hydrogen) atoms. The number of hydrogen-bond acceptors (Lipinski definition) is 4. The predicted molar refractivity (Wildman–Crippen MR) is 107 cm³/mol. The lowest BCUT2D eigenvalue weighted by Gasteiger charge is -2.37. The summed E-state index contributed by atoms with van der Waals surface area (Å²) in [4.78, 5) is 25.2. The van der Waals surface area contributed by atoms with Crippen LogP contribution >= 0.6 is 0 Å². The third-order valence-electron chi connectivity index (χ3n) is 5.22. The van der Waals surface area contributed by atoms with E-state index in [1.807, 2.05) is 30.5 Å². The molecule has 0 atom stereocenters. The van der Waals surface area contributed by atoms with E-state index < -0.39 is 17.5 Å². The number of rotatable bonds is 6. The van der Waals surface area contributed by atoms with Crippen molar-refractivity contribution in [1.82, 2.24) is 10.2 Å². The highest BCUT2D eigenvalue weighted by Gasteiger charge is 2.44. The minimum atomic E-state index is -1.34. The summed E-state index contributed by atoms with van der Waals surface area (Å²) in [6.45, 7) is 0.626. The van der Waals surface area contributed by atoms with E-state index in [-0.39, 0.29) is 38.4 Å². The summed E-state index contributed by atoms with van der Waals surface area (Å²) in [5, 5.41) is 20.9. The molecule has 2 aromatic carbocycles. The number of nitriles is 1. The molecule has 156 valence electrons. The second-order valence-corrected chi connectivity index (χ2v) is 7.14. The maximum Gasteiger partial charge on any atom is 0.405 e. The van der Waals surface area contributed by atoms with Crippen molar-refractivity contribution >= 4 is 12.0 Å². The molecule has 2 aromatic rings. The van der Waals surface area contributed by atoms with Gasteiger partial charge in [-0.15, -0.1) is 0 Å². The third kappa shape index (κ3) is 4.93. The molecular formula is C22H22FN3O4. The van der Waals surface area contributed by atoms with Crippen molar-refractivity contribution in [1.29, 1.82) is 5.26 Å². The predicted octanol–water partition coefficient (Wildman–Crippen LogP) is 3.16. The summed E-state index contributed by atoms with van der Waals surface area (Å²) >= 11 is 0. The van der Waals surface area contributed by atoms with Crippen molar-refractivity contribution < 1.29 is 23.8 Å². The molecule has 2 amide bonds. The first-order chi connectivity index (χ1) is 14.4. The highest BCUT2D eigenvalue weighted by Crippen LogP contribution is 2.24. The average Bonchev–Trinajstić information content (AvgIpc) is 2.75. The number of nitrogens with one attached hydrogen (secondary N) is 1. The molecule has 1 heterocycles. The normalized spacial score (nSPS) is 15.1. The van der Waals surface area contributed by atoms with E-state index in [0.717, 1.165) is 21.6 Å². The van der Waals surface area contributed by atoms with Crippen LogP contribution in [0.4, 0.5) is 9.18 Å². The van der Waals surface area contributed by atoms with Crippen molar-refractivity contribution in [2.24, 2.45) is 0 Å². The van der Waals surface area contributed by atoms with Gasteiger partial charge in [0.05, 0.1) is 0 Å². The lowest BCUT2D eigenvalue weighted by atomic mass is 9.88. The summed E-state index contributed by atoms with van der Waals surface area (Å²) in [5.41, 5.74) is 1.39. The first-order valence-electron chi connectivity index (χ1n) is 9.59. The molecule has 2 N–H and O–H groups in total. The van der Waals surface area contributed by atoms with Crippen LogP contribution in [0, 0.1) is 17.3 Å². The van der Waals surface area contributed by atoms with Gasteiger partial charge < -0.3 is 15.2 Å². The van der Waals surface area contributed by atoms with Crippen LogP contribution < -0.4 is 5.32 Å². The maximum absolute atomic E-state index is 13.1. The fourth-order valence-electron chi connectivity index (χ4n) is 3.52. The second kappa shape index (κ2) is 9.37. The SMILES string of the molecule is N#CN(CCc1ccc(-c2ccc(F)cc2)cc1)C(=O)C1(NC(=O)O)CCOCC1. The quantitative estimate of drug-likeness (QED) is 0.562. The number of hydrogen-bond donors (Lipinski definition) is 2. The molecule has 3 rings (SSSR count). The lowest BCUT2D eigenvalue weighted by Crippen LogP contribution is -2.61. The van der Waals surface area contributed by atoms with Gasteiger partial charge in [0.15, 0.2) is 6.19 Å². The largest absolute Gasteiger partial charge is 0.465 e. The molecule has 0 spiro atoms.